The van der Waals surface area contributed by atoms with Gasteiger partial charge in [-0.2, -0.15) is 0 Å². The van der Waals surface area contributed by atoms with Crippen LogP contribution in [0.5, 0.6) is 0 Å². The average molecular weight is 241 g/mol. The van der Waals surface area contributed by atoms with Crippen LogP contribution in [0.2, 0.25) is 0 Å². The molecule has 4 nitrogen and oxygen atoms in total. The molecule has 0 aromatic carbocycles. The number of hydrogen-bond acceptors (Lipinski definition) is 2. The normalized spacial score (nSPS) is 13.0. The van der Waals surface area contributed by atoms with Crippen LogP contribution >= 0.6 is 15.9 Å². The van der Waals surface area contributed by atoms with E-state index < -0.39 is 0 Å². The van der Waals surface area contributed by atoms with Crippen LogP contribution in [0.3, 0.4) is 0 Å². The minimum absolute atomic E-state index is 0.226. The smallest absolute Gasteiger partial charge is 0.108 e. The molecule has 5 heteroatoms. The van der Waals surface area contributed by atoms with Gasteiger partial charge in [0.25, 0.3) is 0 Å². The fourth-order valence-corrected chi connectivity index (χ4v) is 1.67. The molecule has 2 aromatic rings. The van der Waals surface area contributed by atoms with E-state index in [1.165, 1.54) is 0 Å². The third-order valence-corrected chi connectivity index (χ3v) is 2.53. The molecule has 0 amide bonds. The molecule has 2 heterocycles. The number of hydrogen-bond donors (Lipinski definition) is 0. The predicted octanol–water partition coefficient (Wildman–Crippen LogP) is 1.67. The lowest BCUT2D eigenvalue weighted by molar-refractivity contribution is 0.572. The predicted molar refractivity (Wildman–Crippen MR) is 52.4 cm³/mol. The van der Waals surface area contributed by atoms with Gasteiger partial charge < -0.3 is 9.13 Å². The molecule has 0 spiro atoms. The van der Waals surface area contributed by atoms with Crippen molar-refractivity contribution in [1.82, 2.24) is 19.1 Å². The summed E-state index contributed by atoms with van der Waals surface area (Å²) in [7, 11) is 0. The van der Waals surface area contributed by atoms with Crippen LogP contribution in [0.1, 0.15) is 4.95 Å². The fourth-order valence-electron chi connectivity index (χ4n) is 1.10. The van der Waals surface area contributed by atoms with Crippen molar-refractivity contribution in [2.45, 2.75) is 11.5 Å². The fraction of sp³-hybridized carbons (Fsp3) is 0.250. The van der Waals surface area contributed by atoms with E-state index in [-0.39, 0.29) is 4.95 Å². The van der Waals surface area contributed by atoms with Crippen molar-refractivity contribution in [3.8, 4) is 0 Å². The molecule has 2 aromatic heterocycles. The van der Waals surface area contributed by atoms with Crippen LogP contribution in [0.4, 0.5) is 0 Å². The van der Waals surface area contributed by atoms with Gasteiger partial charge in [0, 0.05) is 24.8 Å². The lowest BCUT2D eigenvalue weighted by atomic mass is 10.6. The lowest BCUT2D eigenvalue weighted by Gasteiger charge is -2.11. The Kier molecular flexibility index (Phi) is 2.44. The summed E-state index contributed by atoms with van der Waals surface area (Å²) in [6.07, 6.45) is 11.0. The summed E-state index contributed by atoms with van der Waals surface area (Å²) < 4.78 is 4.01. The maximum Gasteiger partial charge on any atom is 0.108 e. The molecule has 0 saturated heterocycles. The van der Waals surface area contributed by atoms with Gasteiger partial charge in [-0.15, -0.1) is 0 Å². The average Bonchev–Trinajstić information content (AvgIpc) is 2.74. The number of aromatic nitrogens is 4. The molecule has 0 radical (unpaired) electrons. The Hall–Kier alpha value is -1.10. The van der Waals surface area contributed by atoms with Gasteiger partial charge in [0.05, 0.1) is 19.2 Å². The molecular weight excluding hydrogens is 232 g/mol. The molecule has 0 aliphatic rings. The molecule has 0 bridgehead atoms. The summed E-state index contributed by atoms with van der Waals surface area (Å²) in [6.45, 7) is 0.844. The molecule has 68 valence electrons. The van der Waals surface area contributed by atoms with Gasteiger partial charge in [-0.3, -0.25) is 0 Å². The van der Waals surface area contributed by atoms with Gasteiger partial charge in [-0.1, -0.05) is 15.9 Å². The van der Waals surface area contributed by atoms with E-state index in [9.17, 15) is 0 Å². The second-order valence-electron chi connectivity index (χ2n) is 2.70. The zero-order valence-corrected chi connectivity index (χ0v) is 8.50. The summed E-state index contributed by atoms with van der Waals surface area (Å²) in [5.41, 5.74) is 0. The van der Waals surface area contributed by atoms with Crippen LogP contribution < -0.4 is 0 Å². The van der Waals surface area contributed by atoms with E-state index in [1.807, 2.05) is 21.5 Å². The molecule has 0 fully saturated rings. The highest BCUT2D eigenvalue weighted by Crippen LogP contribution is 2.16. The van der Waals surface area contributed by atoms with Gasteiger partial charge >= 0.3 is 0 Å². The van der Waals surface area contributed by atoms with E-state index >= 15 is 0 Å². The van der Waals surface area contributed by atoms with Crippen LogP contribution in [0.15, 0.2) is 37.4 Å². The van der Waals surface area contributed by atoms with Crippen LogP contribution in [0.25, 0.3) is 0 Å². The van der Waals surface area contributed by atoms with Crippen molar-refractivity contribution >= 4 is 15.9 Å². The Morgan fingerprint density at radius 2 is 1.92 bits per heavy atom. The van der Waals surface area contributed by atoms with Crippen molar-refractivity contribution in [2.24, 2.45) is 0 Å². The molecule has 0 saturated carbocycles. The van der Waals surface area contributed by atoms with E-state index in [0.717, 1.165) is 6.54 Å². The molecular formula is C8H9BrN4. The second kappa shape index (κ2) is 3.74. The van der Waals surface area contributed by atoms with Gasteiger partial charge in [-0.25, -0.2) is 9.97 Å². The topological polar surface area (TPSA) is 35.6 Å². The summed E-state index contributed by atoms with van der Waals surface area (Å²) in [4.78, 5) is 8.18. The van der Waals surface area contributed by atoms with E-state index in [0.29, 0.717) is 0 Å². The zero-order valence-electron chi connectivity index (χ0n) is 6.92. The van der Waals surface area contributed by atoms with E-state index in [2.05, 4.69) is 25.9 Å². The minimum Gasteiger partial charge on any atom is -0.335 e. The van der Waals surface area contributed by atoms with Crippen molar-refractivity contribution in [3.63, 3.8) is 0 Å². The summed E-state index contributed by atoms with van der Waals surface area (Å²) in [5, 5.41) is 0. The van der Waals surface area contributed by atoms with E-state index in [1.54, 1.807) is 25.0 Å². The summed E-state index contributed by atoms with van der Waals surface area (Å²) in [5.74, 6) is 0. The summed E-state index contributed by atoms with van der Waals surface area (Å²) in [6, 6.07) is 0. The van der Waals surface area contributed by atoms with E-state index in [4.69, 9.17) is 0 Å². The SMILES string of the molecule is BrC(Cn1ccnc1)n1ccnc1. The van der Waals surface area contributed by atoms with Gasteiger partial charge in [0.1, 0.15) is 4.95 Å². The van der Waals surface area contributed by atoms with Crippen molar-refractivity contribution < 1.29 is 0 Å². The molecule has 0 N–H and O–H groups in total. The van der Waals surface area contributed by atoms with Crippen LogP contribution in [-0.2, 0) is 6.54 Å². The highest BCUT2D eigenvalue weighted by Gasteiger charge is 2.05. The van der Waals surface area contributed by atoms with Gasteiger partial charge in [0.2, 0.25) is 0 Å². The first-order valence-corrected chi connectivity index (χ1v) is 4.85. The Labute approximate surface area is 84.4 Å². The standard InChI is InChI=1S/C8H9BrN4/c9-8(13-4-2-11-7-13)5-12-3-1-10-6-12/h1-4,6-8H,5H2. The number of imidazole rings is 2. The Morgan fingerprint density at radius 3 is 2.54 bits per heavy atom. The largest absolute Gasteiger partial charge is 0.335 e. The first kappa shape index (κ1) is 8.50. The van der Waals surface area contributed by atoms with Gasteiger partial charge in [0.15, 0.2) is 0 Å². The van der Waals surface area contributed by atoms with Crippen LogP contribution in [-0.4, -0.2) is 19.1 Å². The first-order valence-electron chi connectivity index (χ1n) is 3.93. The Bertz CT molecular complexity index is 340. The maximum atomic E-state index is 3.98. The van der Waals surface area contributed by atoms with Gasteiger partial charge in [-0.05, 0) is 0 Å². The number of rotatable bonds is 3. The third kappa shape index (κ3) is 1.98. The highest BCUT2D eigenvalue weighted by molar-refractivity contribution is 9.09. The van der Waals surface area contributed by atoms with Crippen molar-refractivity contribution in [3.05, 3.63) is 37.4 Å². The van der Waals surface area contributed by atoms with Crippen LogP contribution in [0, 0.1) is 0 Å². The molecule has 2 rings (SSSR count). The Balaban J connectivity index is 2.04. The third-order valence-electron chi connectivity index (χ3n) is 1.77. The molecule has 0 aliphatic carbocycles. The number of alkyl halides is 1. The Morgan fingerprint density at radius 1 is 1.15 bits per heavy atom. The van der Waals surface area contributed by atoms with Crippen molar-refractivity contribution in [1.29, 1.82) is 0 Å². The van der Waals surface area contributed by atoms with Crippen molar-refractivity contribution in [2.75, 3.05) is 0 Å². The quantitative estimate of drug-likeness (QED) is 0.766. The monoisotopic (exact) mass is 240 g/mol. The second-order valence-corrected chi connectivity index (χ2v) is 3.76. The summed E-state index contributed by atoms with van der Waals surface area (Å²) >= 11 is 3.56. The lowest BCUT2D eigenvalue weighted by Crippen LogP contribution is -2.07. The molecule has 13 heavy (non-hydrogen) atoms. The minimum atomic E-state index is 0.226. The highest BCUT2D eigenvalue weighted by atomic mass is 79.9. The number of nitrogens with zero attached hydrogens (tertiary/aromatic N) is 4. The zero-order chi connectivity index (χ0) is 9.10. The first-order chi connectivity index (χ1) is 6.36. The number of halogens is 1. The molecule has 0 aliphatic heterocycles. The molecule has 1 atom stereocenters. The molecule has 1 unspecified atom stereocenters. The maximum absolute atomic E-state index is 3.98.